The number of hydrogen-bond acceptors (Lipinski definition) is 7. The number of hydrogen-bond donors (Lipinski definition) is 1. The first kappa shape index (κ1) is 20.2. The van der Waals surface area contributed by atoms with E-state index in [0.29, 0.717) is 5.56 Å². The minimum absolute atomic E-state index is 0.000850. The van der Waals surface area contributed by atoms with E-state index >= 15 is 0 Å². The van der Waals surface area contributed by atoms with E-state index in [1.807, 2.05) is 0 Å². The van der Waals surface area contributed by atoms with Gasteiger partial charge in [0.25, 0.3) is 15.9 Å². The molecule has 1 aromatic carbocycles. The van der Waals surface area contributed by atoms with Gasteiger partial charge in [0, 0.05) is 25.9 Å². The van der Waals surface area contributed by atoms with Crippen LogP contribution in [0.5, 0.6) is 0 Å². The minimum Gasteiger partial charge on any atom is -0.298 e. The van der Waals surface area contributed by atoms with Gasteiger partial charge in [-0.1, -0.05) is 30.0 Å². The second kappa shape index (κ2) is 7.27. The summed E-state index contributed by atoms with van der Waals surface area (Å²) in [7, 11) is -4.16. The van der Waals surface area contributed by atoms with Gasteiger partial charge < -0.3 is 0 Å². The van der Waals surface area contributed by atoms with E-state index in [-0.39, 0.29) is 19.8 Å². The smallest absolute Gasteiger partial charge is 0.257 e. The molecule has 1 amide bonds. The van der Waals surface area contributed by atoms with Gasteiger partial charge in [0.15, 0.2) is 19.2 Å². The molecule has 0 bridgehead atoms. The molecule has 0 saturated heterocycles. The van der Waals surface area contributed by atoms with Crippen LogP contribution in [-0.2, 0) is 24.7 Å². The lowest BCUT2D eigenvalue weighted by atomic mass is 10.1. The lowest BCUT2D eigenvalue weighted by molar-refractivity contribution is -0.111. The maximum atomic E-state index is 12.3. The first-order valence-corrected chi connectivity index (χ1v) is 11.3. The number of sulfone groups is 1. The Labute approximate surface area is 156 Å². The summed E-state index contributed by atoms with van der Waals surface area (Å²) in [5.74, 6) is -0.569. The molecule has 0 unspecified atom stereocenters. The van der Waals surface area contributed by atoms with Gasteiger partial charge in [0.05, 0.1) is 11.1 Å². The van der Waals surface area contributed by atoms with E-state index in [9.17, 15) is 21.6 Å². The van der Waals surface area contributed by atoms with Crippen molar-refractivity contribution in [2.75, 3.05) is 25.7 Å². The zero-order chi connectivity index (χ0) is 19.7. The molecule has 8 nitrogen and oxygen atoms in total. The molecule has 1 heterocycles. The van der Waals surface area contributed by atoms with Crippen molar-refractivity contribution in [3.63, 3.8) is 0 Å². The molecule has 0 aliphatic heterocycles. The van der Waals surface area contributed by atoms with Gasteiger partial charge in [-0.2, -0.15) is 0 Å². The highest BCUT2D eigenvalue weighted by atomic mass is 32.2. The number of sulfonamides is 1. The van der Waals surface area contributed by atoms with Gasteiger partial charge in [-0.15, -0.1) is 0 Å². The molecule has 0 atom stereocenters. The summed E-state index contributed by atoms with van der Waals surface area (Å²) in [6.07, 6.45) is 2.25. The molecule has 0 fully saturated rings. The molecule has 26 heavy (non-hydrogen) atoms. The summed E-state index contributed by atoms with van der Waals surface area (Å²) in [6, 6.07) is 5.71. The molecule has 140 valence electrons. The molecule has 0 radical (unpaired) electrons. The molecule has 0 spiro atoms. The second-order valence-corrected chi connectivity index (χ2v) is 10.9. The molecular formula is C15H17N3O5S3. The van der Waals surface area contributed by atoms with E-state index in [1.165, 1.54) is 44.6 Å². The number of rotatable bonds is 6. The fraction of sp³-hybridized carbons (Fsp3) is 0.200. The Morgan fingerprint density at radius 1 is 1.15 bits per heavy atom. The van der Waals surface area contributed by atoms with Gasteiger partial charge in [-0.05, 0) is 17.7 Å². The van der Waals surface area contributed by atoms with Gasteiger partial charge >= 0.3 is 0 Å². The third-order valence-electron chi connectivity index (χ3n) is 3.34. The molecule has 2 rings (SSSR count). The first-order valence-electron chi connectivity index (χ1n) is 7.12. The molecule has 1 aromatic heterocycles. The van der Waals surface area contributed by atoms with Crippen LogP contribution in [0.3, 0.4) is 0 Å². The summed E-state index contributed by atoms with van der Waals surface area (Å²) in [5, 5.41) is 2.60. The Kier molecular flexibility index (Phi) is 5.66. The van der Waals surface area contributed by atoms with E-state index in [0.717, 1.165) is 21.9 Å². The van der Waals surface area contributed by atoms with Crippen LogP contribution in [0.4, 0.5) is 5.13 Å². The summed E-state index contributed by atoms with van der Waals surface area (Å²) in [6.45, 7) is 3.69. The first-order chi connectivity index (χ1) is 11.9. The Bertz CT molecular complexity index is 1050. The second-order valence-electron chi connectivity index (χ2n) is 5.50. The lowest BCUT2D eigenvalue weighted by Crippen LogP contribution is -2.21. The number of carbonyl (C=O) groups excluding carboxylic acids is 1. The predicted molar refractivity (Wildman–Crippen MR) is 100 cm³/mol. The molecule has 0 saturated carbocycles. The summed E-state index contributed by atoms with van der Waals surface area (Å²) in [4.78, 5) is 16.3. The van der Waals surface area contributed by atoms with Crippen molar-refractivity contribution in [3.05, 3.63) is 42.6 Å². The van der Waals surface area contributed by atoms with Gasteiger partial charge in [-0.3, -0.25) is 10.1 Å². The molecule has 11 heteroatoms. The number of carbonyl (C=O) groups is 1. The zero-order valence-corrected chi connectivity index (χ0v) is 16.7. The predicted octanol–water partition coefficient (Wildman–Crippen LogP) is 1.45. The van der Waals surface area contributed by atoms with Gasteiger partial charge in [0.2, 0.25) is 0 Å². The number of benzene rings is 1. The highest BCUT2D eigenvalue weighted by Gasteiger charge is 2.21. The third kappa shape index (κ3) is 4.36. The van der Waals surface area contributed by atoms with Crippen molar-refractivity contribution in [2.24, 2.45) is 0 Å². The van der Waals surface area contributed by atoms with Crippen molar-refractivity contribution < 1.29 is 21.6 Å². The van der Waals surface area contributed by atoms with Crippen LogP contribution in [0.15, 0.2) is 46.1 Å². The van der Waals surface area contributed by atoms with Crippen molar-refractivity contribution in [3.8, 4) is 0 Å². The monoisotopic (exact) mass is 415 g/mol. The highest BCUT2D eigenvalue weighted by Crippen LogP contribution is 2.26. The zero-order valence-electron chi connectivity index (χ0n) is 14.3. The maximum Gasteiger partial charge on any atom is 0.257 e. The quantitative estimate of drug-likeness (QED) is 0.715. The van der Waals surface area contributed by atoms with Crippen LogP contribution >= 0.6 is 11.3 Å². The van der Waals surface area contributed by atoms with E-state index < -0.39 is 25.8 Å². The number of aromatic nitrogens is 1. The number of amides is 1. The Balaban J connectivity index is 2.15. The number of anilines is 1. The maximum absolute atomic E-state index is 12.3. The summed E-state index contributed by atoms with van der Waals surface area (Å²) >= 11 is 0.822. The Morgan fingerprint density at radius 2 is 1.73 bits per heavy atom. The molecule has 0 aliphatic rings. The highest BCUT2D eigenvalue weighted by molar-refractivity contribution is 7.91. The normalized spacial score (nSPS) is 12.2. The number of nitrogens with zero attached hydrogens (tertiary/aromatic N) is 2. The largest absolute Gasteiger partial charge is 0.298 e. The van der Waals surface area contributed by atoms with Crippen LogP contribution in [0.1, 0.15) is 5.56 Å². The van der Waals surface area contributed by atoms with Gasteiger partial charge in [0.1, 0.15) is 0 Å². The Hall–Kier alpha value is -2.08. The van der Waals surface area contributed by atoms with E-state index in [1.54, 1.807) is 0 Å². The molecular weight excluding hydrogens is 398 g/mol. The molecule has 0 aliphatic carbocycles. The van der Waals surface area contributed by atoms with Gasteiger partial charge in [-0.25, -0.2) is 26.1 Å². The summed E-state index contributed by atoms with van der Waals surface area (Å²) in [5.41, 5.74) is 0.532. The lowest BCUT2D eigenvalue weighted by Gasteiger charge is -2.08. The SMILES string of the molecule is C=C(C(=O)Nc1ncc(S(=O)(=O)N(C)C)s1)c1ccc(S(C)(=O)=O)cc1. The van der Waals surface area contributed by atoms with Crippen molar-refractivity contribution in [1.29, 1.82) is 0 Å². The van der Waals surface area contributed by atoms with E-state index in [4.69, 9.17) is 0 Å². The molecule has 1 N–H and O–H groups in total. The third-order valence-corrected chi connectivity index (χ3v) is 7.64. The number of thiazole rings is 1. The Morgan fingerprint density at radius 3 is 2.23 bits per heavy atom. The van der Waals surface area contributed by atoms with Crippen LogP contribution in [0, 0.1) is 0 Å². The summed E-state index contributed by atoms with van der Waals surface area (Å²) < 4.78 is 48.0. The van der Waals surface area contributed by atoms with Crippen LogP contribution < -0.4 is 5.32 Å². The topological polar surface area (TPSA) is 114 Å². The average Bonchev–Trinajstić information content (AvgIpc) is 3.02. The fourth-order valence-corrected chi connectivity index (χ4v) is 4.65. The fourth-order valence-electron chi connectivity index (χ4n) is 1.82. The van der Waals surface area contributed by atoms with Crippen LogP contribution in [0.2, 0.25) is 0 Å². The van der Waals surface area contributed by atoms with E-state index in [2.05, 4.69) is 16.9 Å². The van der Waals surface area contributed by atoms with Crippen LogP contribution in [0.25, 0.3) is 5.57 Å². The average molecular weight is 416 g/mol. The van der Waals surface area contributed by atoms with Crippen molar-refractivity contribution >= 4 is 47.8 Å². The number of nitrogens with one attached hydrogen (secondary N) is 1. The minimum atomic E-state index is -3.62. The molecule has 2 aromatic rings. The standard InChI is InChI=1S/C15H17N3O5S3/c1-10(11-5-7-12(8-6-11)25(4,20)21)14(19)17-15-16-9-13(24-15)26(22,23)18(2)3/h5-9H,1H2,2-4H3,(H,16,17,19). The van der Waals surface area contributed by atoms with Crippen LogP contribution in [-0.4, -0.2) is 52.4 Å². The van der Waals surface area contributed by atoms with Crippen molar-refractivity contribution in [2.45, 2.75) is 9.10 Å². The van der Waals surface area contributed by atoms with Crippen molar-refractivity contribution in [1.82, 2.24) is 9.29 Å².